The van der Waals surface area contributed by atoms with Crippen LogP contribution in [-0.2, 0) is 22.4 Å². The van der Waals surface area contributed by atoms with Crippen molar-refractivity contribution >= 4 is 23.2 Å². The second kappa shape index (κ2) is 9.06. The third kappa shape index (κ3) is 4.72. The van der Waals surface area contributed by atoms with Crippen LogP contribution in [0.3, 0.4) is 0 Å². The van der Waals surface area contributed by atoms with E-state index in [9.17, 15) is 9.59 Å². The van der Waals surface area contributed by atoms with Crippen molar-refractivity contribution in [3.63, 3.8) is 0 Å². The lowest BCUT2D eigenvalue weighted by Crippen LogP contribution is -2.44. The summed E-state index contributed by atoms with van der Waals surface area (Å²) >= 11 is 1.60. The van der Waals surface area contributed by atoms with E-state index in [-0.39, 0.29) is 11.8 Å². The molecular formula is C26H28N2O2S. The SMILES string of the molecule is CN(C)C(=O)[C@@]1(Cc2cccc(-c3ccccc3)c2)CCN(C(=O)Cc2cccs2)C1. The Morgan fingerprint density at radius 2 is 1.77 bits per heavy atom. The molecule has 1 atom stereocenters. The van der Waals surface area contributed by atoms with Gasteiger partial charge in [0.2, 0.25) is 11.8 Å². The van der Waals surface area contributed by atoms with E-state index in [4.69, 9.17) is 0 Å². The zero-order chi connectivity index (χ0) is 21.8. The normalized spacial score (nSPS) is 18.2. The fourth-order valence-electron chi connectivity index (χ4n) is 4.51. The van der Waals surface area contributed by atoms with Gasteiger partial charge >= 0.3 is 0 Å². The van der Waals surface area contributed by atoms with Crippen LogP contribution in [0.25, 0.3) is 11.1 Å². The van der Waals surface area contributed by atoms with E-state index in [1.54, 1.807) is 30.3 Å². The fourth-order valence-corrected chi connectivity index (χ4v) is 5.21. The average molecular weight is 433 g/mol. The molecule has 1 aliphatic heterocycles. The van der Waals surface area contributed by atoms with Crippen LogP contribution < -0.4 is 0 Å². The molecule has 160 valence electrons. The molecule has 4 nitrogen and oxygen atoms in total. The van der Waals surface area contributed by atoms with Crippen LogP contribution in [0.1, 0.15) is 16.9 Å². The highest BCUT2D eigenvalue weighted by atomic mass is 32.1. The molecule has 4 rings (SSSR count). The first kappa shape index (κ1) is 21.3. The average Bonchev–Trinajstić information content (AvgIpc) is 3.45. The molecule has 1 aliphatic rings. The predicted octanol–water partition coefficient (Wildman–Crippen LogP) is 4.51. The van der Waals surface area contributed by atoms with Gasteiger partial charge in [0.15, 0.2) is 0 Å². The van der Waals surface area contributed by atoms with Gasteiger partial charge in [-0.25, -0.2) is 0 Å². The van der Waals surface area contributed by atoms with Crippen LogP contribution >= 0.6 is 11.3 Å². The highest BCUT2D eigenvalue weighted by Crippen LogP contribution is 2.37. The van der Waals surface area contributed by atoms with Gasteiger partial charge in [-0.1, -0.05) is 60.7 Å². The van der Waals surface area contributed by atoms with Crippen LogP contribution in [0.4, 0.5) is 0 Å². The molecule has 2 amide bonds. The molecule has 0 spiro atoms. The Morgan fingerprint density at radius 1 is 1.00 bits per heavy atom. The minimum Gasteiger partial charge on any atom is -0.348 e. The molecule has 3 aromatic rings. The minimum atomic E-state index is -0.579. The topological polar surface area (TPSA) is 40.6 Å². The molecule has 0 saturated carbocycles. The number of carbonyl (C=O) groups is 2. The lowest BCUT2D eigenvalue weighted by atomic mass is 9.79. The Kier molecular flexibility index (Phi) is 6.23. The van der Waals surface area contributed by atoms with Gasteiger partial charge in [-0.3, -0.25) is 9.59 Å². The standard InChI is InChI=1S/C26H28N2O2S/c1-27(2)25(30)26(13-14-28(19-26)24(29)17-23-12-7-15-31-23)18-20-8-6-11-22(16-20)21-9-4-3-5-10-21/h3-12,15-16H,13-14,17-19H2,1-2H3/t26-/m1/s1. The number of carbonyl (C=O) groups excluding carboxylic acids is 2. The predicted molar refractivity (Wildman–Crippen MR) is 126 cm³/mol. The number of amides is 2. The zero-order valence-corrected chi connectivity index (χ0v) is 18.9. The fraction of sp³-hybridized carbons (Fsp3) is 0.308. The molecule has 1 fully saturated rings. The number of rotatable bonds is 6. The number of thiophene rings is 1. The first-order valence-corrected chi connectivity index (χ1v) is 11.5. The summed E-state index contributed by atoms with van der Waals surface area (Å²) in [7, 11) is 3.61. The lowest BCUT2D eigenvalue weighted by Gasteiger charge is -2.31. The molecule has 0 radical (unpaired) electrons. The maximum atomic E-state index is 13.3. The molecular weight excluding hydrogens is 404 g/mol. The van der Waals surface area contributed by atoms with Gasteiger partial charge in [0.1, 0.15) is 0 Å². The third-order valence-electron chi connectivity index (χ3n) is 6.05. The Labute approximate surface area is 188 Å². The summed E-state index contributed by atoms with van der Waals surface area (Å²) in [5, 5.41) is 1.99. The smallest absolute Gasteiger partial charge is 0.230 e. The van der Waals surface area contributed by atoms with Crippen molar-refractivity contribution in [3.8, 4) is 11.1 Å². The number of likely N-dealkylation sites (tertiary alicyclic amines) is 1. The van der Waals surface area contributed by atoms with E-state index in [0.29, 0.717) is 32.4 Å². The van der Waals surface area contributed by atoms with Gasteiger partial charge in [0.25, 0.3) is 0 Å². The van der Waals surface area contributed by atoms with Gasteiger partial charge in [-0.15, -0.1) is 11.3 Å². The molecule has 2 heterocycles. The Hall–Kier alpha value is -2.92. The third-order valence-corrected chi connectivity index (χ3v) is 6.92. The van der Waals surface area contributed by atoms with Gasteiger partial charge in [0.05, 0.1) is 11.8 Å². The molecule has 0 bridgehead atoms. The van der Waals surface area contributed by atoms with Crippen LogP contribution in [0.5, 0.6) is 0 Å². The van der Waals surface area contributed by atoms with Gasteiger partial charge in [-0.2, -0.15) is 0 Å². The summed E-state index contributed by atoms with van der Waals surface area (Å²) in [5.41, 5.74) is 2.86. The summed E-state index contributed by atoms with van der Waals surface area (Å²) in [6.07, 6.45) is 1.73. The maximum absolute atomic E-state index is 13.3. The van der Waals surface area contributed by atoms with Crippen molar-refractivity contribution in [1.82, 2.24) is 9.80 Å². The van der Waals surface area contributed by atoms with Crippen molar-refractivity contribution in [3.05, 3.63) is 82.6 Å². The van der Waals surface area contributed by atoms with E-state index in [1.165, 1.54) is 0 Å². The monoisotopic (exact) mass is 432 g/mol. The number of nitrogens with zero attached hydrogens (tertiary/aromatic N) is 2. The number of hydrogen-bond donors (Lipinski definition) is 0. The number of hydrogen-bond acceptors (Lipinski definition) is 3. The minimum absolute atomic E-state index is 0.101. The Balaban J connectivity index is 1.56. The second-order valence-electron chi connectivity index (χ2n) is 8.54. The van der Waals surface area contributed by atoms with Gasteiger partial charge in [0, 0.05) is 32.1 Å². The molecule has 0 unspecified atom stereocenters. The van der Waals surface area contributed by atoms with E-state index in [1.807, 2.05) is 40.6 Å². The van der Waals surface area contributed by atoms with Crippen molar-refractivity contribution in [2.75, 3.05) is 27.2 Å². The molecule has 0 N–H and O–H groups in total. The van der Waals surface area contributed by atoms with Crippen molar-refractivity contribution < 1.29 is 9.59 Å². The summed E-state index contributed by atoms with van der Waals surface area (Å²) < 4.78 is 0. The Bertz CT molecular complexity index is 1050. The highest BCUT2D eigenvalue weighted by Gasteiger charge is 2.46. The maximum Gasteiger partial charge on any atom is 0.230 e. The van der Waals surface area contributed by atoms with Crippen LogP contribution in [0, 0.1) is 5.41 Å². The number of benzene rings is 2. The van der Waals surface area contributed by atoms with Gasteiger partial charge < -0.3 is 9.80 Å². The summed E-state index contributed by atoms with van der Waals surface area (Å²) in [4.78, 5) is 30.8. The van der Waals surface area contributed by atoms with Crippen LogP contribution in [-0.4, -0.2) is 48.8 Å². The first-order chi connectivity index (χ1) is 15.0. The van der Waals surface area contributed by atoms with Crippen LogP contribution in [0.15, 0.2) is 72.1 Å². The molecule has 1 aromatic heterocycles. The van der Waals surface area contributed by atoms with E-state index < -0.39 is 5.41 Å². The molecule has 0 aliphatic carbocycles. The first-order valence-electron chi connectivity index (χ1n) is 10.6. The van der Waals surface area contributed by atoms with E-state index >= 15 is 0 Å². The summed E-state index contributed by atoms with van der Waals surface area (Å²) in [6.45, 7) is 1.10. The van der Waals surface area contributed by atoms with E-state index in [2.05, 4.69) is 36.4 Å². The van der Waals surface area contributed by atoms with Crippen molar-refractivity contribution in [1.29, 1.82) is 0 Å². The van der Waals surface area contributed by atoms with Crippen LogP contribution in [0.2, 0.25) is 0 Å². The quantitative estimate of drug-likeness (QED) is 0.575. The lowest BCUT2D eigenvalue weighted by molar-refractivity contribution is -0.139. The molecule has 2 aromatic carbocycles. The molecule has 5 heteroatoms. The molecule has 31 heavy (non-hydrogen) atoms. The second-order valence-corrected chi connectivity index (χ2v) is 9.58. The van der Waals surface area contributed by atoms with Gasteiger partial charge in [-0.05, 0) is 41.0 Å². The summed E-state index contributed by atoms with van der Waals surface area (Å²) in [5.74, 6) is 0.206. The largest absolute Gasteiger partial charge is 0.348 e. The summed E-state index contributed by atoms with van der Waals surface area (Å²) in [6, 6.07) is 22.7. The van der Waals surface area contributed by atoms with Crippen molar-refractivity contribution in [2.45, 2.75) is 19.3 Å². The molecule has 1 saturated heterocycles. The van der Waals surface area contributed by atoms with E-state index in [0.717, 1.165) is 21.6 Å². The zero-order valence-electron chi connectivity index (χ0n) is 18.1. The van der Waals surface area contributed by atoms with Crippen molar-refractivity contribution in [2.24, 2.45) is 5.41 Å². The Morgan fingerprint density at radius 3 is 2.48 bits per heavy atom. The highest BCUT2D eigenvalue weighted by molar-refractivity contribution is 7.10.